The van der Waals surface area contributed by atoms with Crippen LogP contribution in [0.2, 0.25) is 0 Å². The first kappa shape index (κ1) is 14.1. The summed E-state index contributed by atoms with van der Waals surface area (Å²) in [6.45, 7) is 2.25. The fraction of sp³-hybridized carbons (Fsp3) is 0.353. The number of benzene rings is 1. The molecule has 118 valence electrons. The average Bonchev–Trinajstić information content (AvgIpc) is 3.31. The van der Waals surface area contributed by atoms with Gasteiger partial charge in [-0.05, 0) is 12.0 Å². The molecular weight excluding hydrogens is 290 g/mol. The van der Waals surface area contributed by atoms with Crippen LogP contribution in [0.15, 0.2) is 42.9 Å². The van der Waals surface area contributed by atoms with Crippen molar-refractivity contribution in [2.24, 2.45) is 0 Å². The summed E-state index contributed by atoms with van der Waals surface area (Å²) in [5.74, 6) is 2.17. The highest BCUT2D eigenvalue weighted by Gasteiger charge is 2.23. The molecule has 0 spiro atoms. The van der Waals surface area contributed by atoms with Crippen LogP contribution in [-0.4, -0.2) is 37.9 Å². The summed E-state index contributed by atoms with van der Waals surface area (Å²) in [5.41, 5.74) is 2.26. The Morgan fingerprint density at radius 1 is 1.26 bits per heavy atom. The predicted molar refractivity (Wildman–Crippen MR) is 85.1 cm³/mol. The zero-order chi connectivity index (χ0) is 15.5. The minimum absolute atomic E-state index is 0.313. The highest BCUT2D eigenvalue weighted by Crippen LogP contribution is 2.23. The Bertz CT molecular complexity index is 745. The van der Waals surface area contributed by atoms with Crippen molar-refractivity contribution in [3.63, 3.8) is 0 Å². The van der Waals surface area contributed by atoms with Crippen molar-refractivity contribution in [1.82, 2.24) is 24.7 Å². The summed E-state index contributed by atoms with van der Waals surface area (Å²) in [6, 6.07) is 10.3. The molecule has 4 rings (SSSR count). The van der Waals surface area contributed by atoms with Gasteiger partial charge in [-0.1, -0.05) is 30.3 Å². The van der Waals surface area contributed by atoms with E-state index in [9.17, 15) is 0 Å². The fourth-order valence-electron chi connectivity index (χ4n) is 2.87. The molecule has 6 nitrogen and oxygen atoms in total. The van der Waals surface area contributed by atoms with Gasteiger partial charge in [-0.15, -0.1) is 0 Å². The van der Waals surface area contributed by atoms with E-state index in [1.54, 1.807) is 6.33 Å². The van der Waals surface area contributed by atoms with Crippen LogP contribution in [0.3, 0.4) is 0 Å². The highest BCUT2D eigenvalue weighted by atomic mass is 16.5. The molecule has 0 unspecified atom stereocenters. The summed E-state index contributed by atoms with van der Waals surface area (Å²) in [5, 5.41) is 4.76. The zero-order valence-corrected chi connectivity index (χ0v) is 12.9. The van der Waals surface area contributed by atoms with Crippen molar-refractivity contribution in [3.05, 3.63) is 65.8 Å². The summed E-state index contributed by atoms with van der Waals surface area (Å²) >= 11 is 0. The Hall–Kier alpha value is -2.47. The van der Waals surface area contributed by atoms with E-state index in [-0.39, 0.29) is 0 Å². The standard InChI is InChI=1S/C17H19N5O/c1-2-4-13(5-3-1)10-22-16(8-15-9-18-12-19-15)20-17(21-22)14-6-7-23-11-14/h1-5,9,12,14H,6-8,10-11H2,(H,18,19)/t14-/m1/s1. The lowest BCUT2D eigenvalue weighted by Gasteiger charge is -2.05. The van der Waals surface area contributed by atoms with Gasteiger partial charge in [0, 0.05) is 30.8 Å². The molecule has 23 heavy (non-hydrogen) atoms. The second-order valence-corrected chi connectivity index (χ2v) is 5.84. The molecular formula is C17H19N5O. The quantitative estimate of drug-likeness (QED) is 0.784. The maximum atomic E-state index is 5.48. The van der Waals surface area contributed by atoms with Gasteiger partial charge in [-0.3, -0.25) is 0 Å². The van der Waals surface area contributed by atoms with E-state index in [0.717, 1.165) is 43.5 Å². The first-order valence-electron chi connectivity index (χ1n) is 7.91. The Balaban J connectivity index is 1.63. The number of nitrogens with one attached hydrogen (secondary N) is 1. The van der Waals surface area contributed by atoms with Crippen LogP contribution < -0.4 is 0 Å². The van der Waals surface area contributed by atoms with Crippen molar-refractivity contribution >= 4 is 0 Å². The van der Waals surface area contributed by atoms with Crippen LogP contribution in [0, 0.1) is 0 Å². The Morgan fingerprint density at radius 2 is 2.17 bits per heavy atom. The molecule has 1 atom stereocenters. The Morgan fingerprint density at radius 3 is 2.91 bits per heavy atom. The van der Waals surface area contributed by atoms with E-state index in [4.69, 9.17) is 14.8 Å². The van der Waals surface area contributed by atoms with Crippen molar-refractivity contribution in [2.75, 3.05) is 13.2 Å². The molecule has 3 heterocycles. The number of hydrogen-bond acceptors (Lipinski definition) is 4. The Kier molecular flexibility index (Phi) is 3.90. The van der Waals surface area contributed by atoms with Crippen LogP contribution in [0.4, 0.5) is 0 Å². The summed E-state index contributed by atoms with van der Waals surface area (Å²) in [7, 11) is 0. The smallest absolute Gasteiger partial charge is 0.156 e. The lowest BCUT2D eigenvalue weighted by atomic mass is 10.1. The molecule has 3 aromatic rings. The number of imidazole rings is 1. The fourth-order valence-corrected chi connectivity index (χ4v) is 2.87. The van der Waals surface area contributed by atoms with Gasteiger partial charge in [0.05, 0.1) is 19.5 Å². The largest absolute Gasteiger partial charge is 0.381 e. The molecule has 1 aliphatic rings. The minimum atomic E-state index is 0.313. The lowest BCUT2D eigenvalue weighted by Crippen LogP contribution is -2.08. The number of rotatable bonds is 5. The molecule has 1 fully saturated rings. The van der Waals surface area contributed by atoms with Crippen molar-refractivity contribution < 1.29 is 4.74 Å². The molecule has 6 heteroatoms. The maximum absolute atomic E-state index is 5.48. The van der Waals surface area contributed by atoms with Crippen LogP contribution in [-0.2, 0) is 17.7 Å². The second kappa shape index (κ2) is 6.34. The third-order valence-corrected chi connectivity index (χ3v) is 4.14. The molecule has 0 amide bonds. The van der Waals surface area contributed by atoms with Crippen LogP contribution in [0.1, 0.15) is 35.2 Å². The number of aromatic amines is 1. The van der Waals surface area contributed by atoms with Gasteiger partial charge in [0.25, 0.3) is 0 Å². The van der Waals surface area contributed by atoms with Crippen LogP contribution in [0.25, 0.3) is 0 Å². The number of H-pyrrole nitrogens is 1. The van der Waals surface area contributed by atoms with Gasteiger partial charge in [-0.2, -0.15) is 5.10 Å². The molecule has 0 aliphatic carbocycles. The second-order valence-electron chi connectivity index (χ2n) is 5.84. The van der Waals surface area contributed by atoms with E-state index in [1.165, 1.54) is 5.56 Å². The molecule has 1 N–H and O–H groups in total. The summed E-state index contributed by atoms with van der Waals surface area (Å²) < 4.78 is 7.48. The van der Waals surface area contributed by atoms with E-state index in [2.05, 4.69) is 22.1 Å². The molecule has 1 saturated heterocycles. The van der Waals surface area contributed by atoms with Gasteiger partial charge >= 0.3 is 0 Å². The molecule has 0 radical (unpaired) electrons. The topological polar surface area (TPSA) is 68.6 Å². The van der Waals surface area contributed by atoms with Gasteiger partial charge in [0.1, 0.15) is 5.82 Å². The van der Waals surface area contributed by atoms with Gasteiger partial charge in [0.15, 0.2) is 5.82 Å². The summed E-state index contributed by atoms with van der Waals surface area (Å²) in [4.78, 5) is 12.0. The molecule has 0 bridgehead atoms. The SMILES string of the molecule is c1ccc(Cn2nc([C@@H]3CCOC3)nc2Cc2cnc[nH]2)cc1. The minimum Gasteiger partial charge on any atom is -0.381 e. The summed E-state index contributed by atoms with van der Waals surface area (Å²) in [6.07, 6.45) is 5.23. The molecule has 1 aromatic carbocycles. The third kappa shape index (κ3) is 3.17. The number of nitrogens with zero attached hydrogens (tertiary/aromatic N) is 4. The third-order valence-electron chi connectivity index (χ3n) is 4.14. The van der Waals surface area contributed by atoms with Crippen LogP contribution >= 0.6 is 0 Å². The number of aromatic nitrogens is 5. The first-order valence-corrected chi connectivity index (χ1v) is 7.91. The van der Waals surface area contributed by atoms with E-state index in [1.807, 2.05) is 29.1 Å². The number of ether oxygens (including phenoxy) is 1. The molecule has 0 saturated carbocycles. The maximum Gasteiger partial charge on any atom is 0.156 e. The van der Waals surface area contributed by atoms with Gasteiger partial charge in [0.2, 0.25) is 0 Å². The zero-order valence-electron chi connectivity index (χ0n) is 12.9. The highest BCUT2D eigenvalue weighted by molar-refractivity contribution is 5.16. The van der Waals surface area contributed by atoms with Gasteiger partial charge < -0.3 is 9.72 Å². The van der Waals surface area contributed by atoms with Crippen molar-refractivity contribution in [2.45, 2.75) is 25.3 Å². The molecule has 1 aliphatic heterocycles. The first-order chi connectivity index (χ1) is 11.4. The Labute approximate surface area is 134 Å². The van der Waals surface area contributed by atoms with Crippen molar-refractivity contribution in [3.8, 4) is 0 Å². The van der Waals surface area contributed by atoms with Crippen molar-refractivity contribution in [1.29, 1.82) is 0 Å². The predicted octanol–water partition coefficient (Wildman–Crippen LogP) is 2.14. The lowest BCUT2D eigenvalue weighted by molar-refractivity contribution is 0.193. The van der Waals surface area contributed by atoms with Crippen LogP contribution in [0.5, 0.6) is 0 Å². The normalized spacial score (nSPS) is 17.7. The monoisotopic (exact) mass is 309 g/mol. The van der Waals surface area contributed by atoms with E-state index < -0.39 is 0 Å². The molecule has 2 aromatic heterocycles. The van der Waals surface area contributed by atoms with E-state index >= 15 is 0 Å². The number of hydrogen-bond donors (Lipinski definition) is 1. The van der Waals surface area contributed by atoms with E-state index in [0.29, 0.717) is 12.3 Å². The van der Waals surface area contributed by atoms with Gasteiger partial charge in [-0.25, -0.2) is 14.6 Å². The average molecular weight is 309 g/mol.